The fourth-order valence-electron chi connectivity index (χ4n) is 4.48. The highest BCUT2D eigenvalue weighted by atomic mass is 32.2. The molecule has 0 saturated carbocycles. The van der Waals surface area contributed by atoms with Gasteiger partial charge in [-0.1, -0.05) is 6.07 Å². The molecule has 1 aliphatic heterocycles. The molecule has 2 aromatic rings. The maximum atomic E-state index is 10.3. The van der Waals surface area contributed by atoms with Crippen LogP contribution in [0.5, 0.6) is 46.0 Å². The lowest BCUT2D eigenvalue weighted by atomic mass is 10.1. The topological polar surface area (TPSA) is 88.1 Å². The Bertz CT molecular complexity index is 1010. The average Bonchev–Trinajstić information content (AvgIpc) is 2.94. The highest BCUT2D eigenvalue weighted by Crippen LogP contribution is 2.49. The minimum Gasteiger partial charge on any atom is -0.502 e. The predicted octanol–water partition coefficient (Wildman–Crippen LogP) is 4.61. The van der Waals surface area contributed by atoms with Crippen LogP contribution in [0.15, 0.2) is 18.2 Å². The van der Waals surface area contributed by atoms with Crippen molar-refractivity contribution in [1.29, 1.82) is 0 Å². The zero-order valence-electron chi connectivity index (χ0n) is 22.6. The summed E-state index contributed by atoms with van der Waals surface area (Å²) in [5, 5.41) is 10.9. The molecular formula is C27H39NO8S. The van der Waals surface area contributed by atoms with Crippen LogP contribution in [-0.2, 0) is 5.75 Å². The molecule has 1 aliphatic rings. The Morgan fingerprint density at radius 3 is 2.00 bits per heavy atom. The molecule has 0 atom stereocenters. The summed E-state index contributed by atoms with van der Waals surface area (Å²) in [4.78, 5) is 2.48. The SMILES string of the molecule is COc1cc(OCCCN2CCC(SCc3ccc(OC)c(OC)c3OC)CC2)c(OC)c(OC)c1O. The normalized spacial score (nSPS) is 14.2. The first kappa shape index (κ1) is 28.7. The summed E-state index contributed by atoms with van der Waals surface area (Å²) < 4.78 is 38.4. The van der Waals surface area contributed by atoms with Crippen LogP contribution in [0.25, 0.3) is 0 Å². The van der Waals surface area contributed by atoms with Gasteiger partial charge in [0.25, 0.3) is 0 Å². The van der Waals surface area contributed by atoms with Gasteiger partial charge in [0.2, 0.25) is 23.0 Å². The number of phenolic OH excluding ortho intramolecular Hbond substituents is 1. The van der Waals surface area contributed by atoms with Crippen molar-refractivity contribution in [1.82, 2.24) is 4.90 Å². The number of ether oxygens (including phenoxy) is 7. The molecule has 0 aromatic heterocycles. The van der Waals surface area contributed by atoms with Gasteiger partial charge >= 0.3 is 0 Å². The molecule has 9 nitrogen and oxygen atoms in total. The molecular weight excluding hydrogens is 498 g/mol. The van der Waals surface area contributed by atoms with E-state index in [1.165, 1.54) is 21.3 Å². The van der Waals surface area contributed by atoms with Crippen LogP contribution in [-0.4, -0.2) is 84.2 Å². The van der Waals surface area contributed by atoms with Crippen molar-refractivity contribution in [3.63, 3.8) is 0 Å². The number of piperidine rings is 1. The molecule has 0 aliphatic carbocycles. The molecule has 1 fully saturated rings. The van der Waals surface area contributed by atoms with Gasteiger partial charge in [0.15, 0.2) is 23.0 Å². The lowest BCUT2D eigenvalue weighted by Gasteiger charge is -2.31. The lowest BCUT2D eigenvalue weighted by Crippen LogP contribution is -2.36. The summed E-state index contributed by atoms with van der Waals surface area (Å²) in [5.41, 5.74) is 1.11. The van der Waals surface area contributed by atoms with Crippen molar-refractivity contribution in [2.45, 2.75) is 30.3 Å². The van der Waals surface area contributed by atoms with Gasteiger partial charge in [0.05, 0.1) is 49.3 Å². The Balaban J connectivity index is 1.45. The Morgan fingerprint density at radius 2 is 1.41 bits per heavy atom. The second-order valence-corrected chi connectivity index (χ2v) is 9.83. The van der Waals surface area contributed by atoms with Crippen molar-refractivity contribution in [3.8, 4) is 46.0 Å². The molecule has 3 rings (SSSR count). The van der Waals surface area contributed by atoms with Crippen molar-refractivity contribution in [2.24, 2.45) is 0 Å². The van der Waals surface area contributed by atoms with Gasteiger partial charge in [-0.05, 0) is 38.4 Å². The number of rotatable bonds is 14. The fourth-order valence-corrected chi connectivity index (χ4v) is 5.67. The van der Waals surface area contributed by atoms with Crippen LogP contribution >= 0.6 is 11.8 Å². The third-order valence-corrected chi connectivity index (χ3v) is 7.86. The van der Waals surface area contributed by atoms with E-state index < -0.39 is 0 Å². The van der Waals surface area contributed by atoms with Crippen LogP contribution in [0, 0.1) is 0 Å². The maximum Gasteiger partial charge on any atom is 0.211 e. The van der Waals surface area contributed by atoms with E-state index >= 15 is 0 Å². The first-order chi connectivity index (χ1) is 18.0. The number of hydrogen-bond donors (Lipinski definition) is 1. The third-order valence-electron chi connectivity index (χ3n) is 6.44. The van der Waals surface area contributed by atoms with E-state index in [1.54, 1.807) is 27.4 Å². The van der Waals surface area contributed by atoms with Gasteiger partial charge in [0.1, 0.15) is 0 Å². The second kappa shape index (κ2) is 14.2. The van der Waals surface area contributed by atoms with Gasteiger partial charge in [-0.25, -0.2) is 0 Å². The van der Waals surface area contributed by atoms with E-state index in [9.17, 15) is 5.11 Å². The monoisotopic (exact) mass is 537 g/mol. The highest BCUT2D eigenvalue weighted by molar-refractivity contribution is 7.99. The van der Waals surface area contributed by atoms with E-state index in [2.05, 4.69) is 11.0 Å². The minimum absolute atomic E-state index is 0.112. The van der Waals surface area contributed by atoms with Crippen molar-refractivity contribution >= 4 is 11.8 Å². The molecule has 10 heteroatoms. The largest absolute Gasteiger partial charge is 0.502 e. The molecule has 0 radical (unpaired) electrons. The van der Waals surface area contributed by atoms with Crippen LogP contribution < -0.4 is 33.2 Å². The average molecular weight is 538 g/mol. The number of methoxy groups -OCH3 is 6. The Hall–Kier alpha value is -2.85. The van der Waals surface area contributed by atoms with Crippen LogP contribution in [0.3, 0.4) is 0 Å². The van der Waals surface area contributed by atoms with E-state index in [1.807, 2.05) is 17.8 Å². The molecule has 0 spiro atoms. The molecule has 37 heavy (non-hydrogen) atoms. The maximum absolute atomic E-state index is 10.3. The zero-order chi connectivity index (χ0) is 26.8. The van der Waals surface area contributed by atoms with Gasteiger partial charge in [-0.3, -0.25) is 0 Å². The van der Waals surface area contributed by atoms with Crippen molar-refractivity contribution in [3.05, 3.63) is 23.8 Å². The highest BCUT2D eigenvalue weighted by Gasteiger charge is 2.23. The first-order valence-electron chi connectivity index (χ1n) is 12.3. The van der Waals surface area contributed by atoms with Gasteiger partial charge < -0.3 is 43.2 Å². The first-order valence-corrected chi connectivity index (χ1v) is 13.3. The van der Waals surface area contributed by atoms with Crippen LogP contribution in [0.1, 0.15) is 24.8 Å². The van der Waals surface area contributed by atoms with Crippen LogP contribution in [0.4, 0.5) is 0 Å². The number of benzene rings is 2. The summed E-state index contributed by atoms with van der Waals surface area (Å²) in [6.07, 6.45) is 3.15. The van der Waals surface area contributed by atoms with E-state index in [0.29, 0.717) is 34.9 Å². The number of nitrogens with zero attached hydrogens (tertiary/aromatic N) is 1. The number of aromatic hydroxyl groups is 1. The third kappa shape index (κ3) is 6.93. The predicted molar refractivity (Wildman–Crippen MR) is 145 cm³/mol. The Labute approximate surface area is 223 Å². The summed E-state index contributed by atoms with van der Waals surface area (Å²) in [6, 6.07) is 5.60. The summed E-state index contributed by atoms with van der Waals surface area (Å²) in [7, 11) is 9.39. The Kier molecular flexibility index (Phi) is 11.0. The van der Waals surface area contributed by atoms with Crippen molar-refractivity contribution < 1.29 is 38.3 Å². The molecule has 1 heterocycles. The summed E-state index contributed by atoms with van der Waals surface area (Å²) >= 11 is 1.97. The van der Waals surface area contributed by atoms with Crippen molar-refractivity contribution in [2.75, 3.05) is 68.9 Å². The van der Waals surface area contributed by atoms with E-state index in [0.717, 1.165) is 56.0 Å². The smallest absolute Gasteiger partial charge is 0.211 e. The van der Waals surface area contributed by atoms with Gasteiger partial charge in [-0.15, -0.1) is 0 Å². The quantitative estimate of drug-likeness (QED) is 0.345. The van der Waals surface area contributed by atoms with E-state index in [-0.39, 0.29) is 17.2 Å². The summed E-state index contributed by atoms with van der Waals surface area (Å²) in [5.74, 6) is 4.12. The number of hydrogen-bond acceptors (Lipinski definition) is 10. The molecule has 2 aromatic carbocycles. The molecule has 1 saturated heterocycles. The standard InChI is InChI=1S/C27H39NO8S/c1-30-20-9-8-18(24(32-3)25(20)33-4)17-37-19-10-13-28(14-11-19)12-7-15-36-22-16-21(31-2)23(29)27(35-6)26(22)34-5/h8-9,16,19,29H,7,10-15,17H2,1-6H3. The van der Waals surface area contributed by atoms with Crippen LogP contribution in [0.2, 0.25) is 0 Å². The zero-order valence-corrected chi connectivity index (χ0v) is 23.4. The Morgan fingerprint density at radius 1 is 0.784 bits per heavy atom. The van der Waals surface area contributed by atoms with Gasteiger partial charge in [-0.2, -0.15) is 11.8 Å². The lowest BCUT2D eigenvalue weighted by molar-refractivity contribution is 0.204. The molecule has 0 bridgehead atoms. The molecule has 0 amide bonds. The number of thioether (sulfide) groups is 1. The van der Waals surface area contributed by atoms with Gasteiger partial charge in [0, 0.05) is 29.2 Å². The van der Waals surface area contributed by atoms with E-state index in [4.69, 9.17) is 33.2 Å². The fraction of sp³-hybridized carbons (Fsp3) is 0.556. The molecule has 206 valence electrons. The number of phenols is 1. The summed E-state index contributed by atoms with van der Waals surface area (Å²) in [6.45, 7) is 3.59. The second-order valence-electron chi connectivity index (χ2n) is 8.54. The minimum atomic E-state index is -0.112. The molecule has 0 unspecified atom stereocenters. The molecule has 1 N–H and O–H groups in total. The number of likely N-dealkylation sites (tertiary alicyclic amines) is 1.